The molecule has 1 aromatic heterocycles. The molecule has 5 nitrogen and oxygen atoms in total. The van der Waals surface area contributed by atoms with Gasteiger partial charge in [0.25, 0.3) is 16.4 Å². The fraction of sp³-hybridized carbons (Fsp3) is 0.312. The quantitative estimate of drug-likeness (QED) is 0.867. The number of nitrogens with zero attached hydrogens (tertiary/aromatic N) is 2. The molecule has 0 saturated carbocycles. The summed E-state index contributed by atoms with van der Waals surface area (Å²) in [6, 6.07) is 6.61. The molecule has 0 aliphatic carbocycles. The van der Waals surface area contributed by atoms with Crippen molar-refractivity contribution in [1.82, 2.24) is 4.98 Å². The van der Waals surface area contributed by atoms with E-state index in [9.17, 15) is 22.3 Å². The molecule has 2 aromatic rings. The van der Waals surface area contributed by atoms with Gasteiger partial charge in [-0.05, 0) is 18.9 Å². The van der Waals surface area contributed by atoms with Crippen LogP contribution in [0, 0.1) is 6.92 Å². The van der Waals surface area contributed by atoms with Gasteiger partial charge in [-0.1, -0.05) is 31.2 Å². The molecule has 0 atom stereocenters. The summed E-state index contributed by atoms with van der Waals surface area (Å²) in [5, 5.41) is 11.2. The number of hydrogen-bond acceptors (Lipinski definition) is 5. The highest BCUT2D eigenvalue weighted by atomic mass is 32.2. The van der Waals surface area contributed by atoms with Crippen LogP contribution in [0.1, 0.15) is 27.9 Å². The summed E-state index contributed by atoms with van der Waals surface area (Å²) < 4.78 is 52.7. The molecule has 9 heteroatoms. The molecule has 0 saturated heterocycles. The van der Waals surface area contributed by atoms with E-state index in [2.05, 4.69) is 4.98 Å². The predicted octanol–water partition coefficient (Wildman–Crippen LogP) is 3.81. The lowest BCUT2D eigenvalue weighted by Crippen LogP contribution is -2.38. The Labute approximate surface area is 148 Å². The van der Waals surface area contributed by atoms with Gasteiger partial charge in [0.15, 0.2) is 11.6 Å². The average molecular weight is 386 g/mol. The fourth-order valence-corrected chi connectivity index (χ4v) is 5.51. The van der Waals surface area contributed by atoms with Crippen molar-refractivity contribution in [3.8, 4) is 0 Å². The Balaban J connectivity index is 2.33. The third-order valence-corrected chi connectivity index (χ3v) is 6.89. The molecule has 0 spiro atoms. The Hall–Kier alpha value is -2.00. The minimum Gasteiger partial charge on any atom is -0.505 e. The van der Waals surface area contributed by atoms with Crippen LogP contribution in [0.2, 0.25) is 0 Å². The van der Waals surface area contributed by atoms with Crippen LogP contribution < -0.4 is 4.31 Å². The second-order valence-electron chi connectivity index (χ2n) is 5.53. The first-order valence-electron chi connectivity index (χ1n) is 7.57. The highest BCUT2D eigenvalue weighted by molar-refractivity contribution is 8.02. The van der Waals surface area contributed by atoms with Gasteiger partial charge in [0.2, 0.25) is 0 Å². The molecule has 3 rings (SSSR count). The molecular formula is C16H16F2N2O3S2. The van der Waals surface area contributed by atoms with Gasteiger partial charge in [-0.2, -0.15) is 0 Å². The molecule has 134 valence electrons. The maximum atomic E-state index is 13.0. The van der Waals surface area contributed by atoms with Crippen LogP contribution in [-0.2, 0) is 16.4 Å². The molecule has 0 amide bonds. The minimum atomic E-state index is -4.37. The van der Waals surface area contributed by atoms with E-state index < -0.39 is 28.8 Å². The molecule has 0 radical (unpaired) electrons. The first kappa shape index (κ1) is 17.8. The monoisotopic (exact) mass is 386 g/mol. The first-order chi connectivity index (χ1) is 11.8. The standard InChI is InChI=1S/C16H16F2N2O3S2/c1-3-12-19-16-14(24-12)13(21)15(10-7-5-4-6-9(10)2)25(22,23)20(16)8-11(17)18/h4-7,11,21H,3,8H2,1-2H3. The van der Waals surface area contributed by atoms with Crippen molar-refractivity contribution in [2.24, 2.45) is 0 Å². The number of thiazole rings is 1. The van der Waals surface area contributed by atoms with Crippen LogP contribution in [0.4, 0.5) is 14.6 Å². The minimum absolute atomic E-state index is 0.128. The molecule has 2 heterocycles. The average Bonchev–Trinajstić information content (AvgIpc) is 2.97. The predicted molar refractivity (Wildman–Crippen MR) is 94.4 cm³/mol. The van der Waals surface area contributed by atoms with Gasteiger partial charge in [-0.25, -0.2) is 26.5 Å². The van der Waals surface area contributed by atoms with Crippen LogP contribution in [0.3, 0.4) is 0 Å². The number of aliphatic hydroxyl groups is 1. The topological polar surface area (TPSA) is 70.5 Å². The Morgan fingerprint density at radius 1 is 1.32 bits per heavy atom. The Bertz CT molecular complexity index is 952. The van der Waals surface area contributed by atoms with Crippen molar-refractivity contribution >= 4 is 37.8 Å². The molecule has 1 N–H and O–H groups in total. The first-order valence-corrected chi connectivity index (χ1v) is 9.83. The van der Waals surface area contributed by atoms with Crippen LogP contribution in [0.25, 0.3) is 10.7 Å². The van der Waals surface area contributed by atoms with E-state index in [0.29, 0.717) is 21.3 Å². The second-order valence-corrected chi connectivity index (χ2v) is 8.42. The summed E-state index contributed by atoms with van der Waals surface area (Å²) >= 11 is 1.11. The van der Waals surface area contributed by atoms with E-state index in [1.807, 2.05) is 6.92 Å². The van der Waals surface area contributed by atoms with Crippen LogP contribution in [0.15, 0.2) is 24.3 Å². The second kappa shape index (κ2) is 6.38. The maximum absolute atomic E-state index is 13.0. The lowest BCUT2D eigenvalue weighted by atomic mass is 10.1. The molecule has 0 bridgehead atoms. The highest BCUT2D eigenvalue weighted by Gasteiger charge is 2.42. The lowest BCUT2D eigenvalue weighted by Gasteiger charge is -2.29. The van der Waals surface area contributed by atoms with E-state index in [0.717, 1.165) is 11.3 Å². The van der Waals surface area contributed by atoms with Gasteiger partial charge in [0.1, 0.15) is 9.78 Å². The summed E-state index contributed by atoms with van der Waals surface area (Å²) in [5.41, 5.74) is 0.907. The Morgan fingerprint density at radius 2 is 2.00 bits per heavy atom. The van der Waals surface area contributed by atoms with Crippen LogP contribution >= 0.6 is 11.3 Å². The van der Waals surface area contributed by atoms with Crippen molar-refractivity contribution in [1.29, 1.82) is 0 Å². The number of alkyl halides is 2. The summed E-state index contributed by atoms with van der Waals surface area (Å²) in [6.07, 6.45) is -2.36. The van der Waals surface area contributed by atoms with Gasteiger partial charge in [-0.15, -0.1) is 11.3 Å². The largest absolute Gasteiger partial charge is 0.505 e. The SMILES string of the molecule is CCc1nc2c(s1)C(O)=C(c1ccccc1C)S(=O)(=O)N2CC(F)F. The third-order valence-electron chi connectivity index (χ3n) is 3.86. The van der Waals surface area contributed by atoms with Crippen molar-refractivity contribution in [2.45, 2.75) is 26.7 Å². The van der Waals surface area contributed by atoms with Gasteiger partial charge in [-0.3, -0.25) is 0 Å². The van der Waals surface area contributed by atoms with Crippen LogP contribution in [0.5, 0.6) is 0 Å². The normalized spacial score (nSPS) is 16.4. The van der Waals surface area contributed by atoms with Gasteiger partial charge < -0.3 is 5.11 Å². The summed E-state index contributed by atoms with van der Waals surface area (Å²) in [4.78, 5) is 3.98. The number of sulfonamides is 1. The van der Waals surface area contributed by atoms with Crippen molar-refractivity contribution in [2.75, 3.05) is 10.8 Å². The zero-order valence-electron chi connectivity index (χ0n) is 13.5. The molecule has 25 heavy (non-hydrogen) atoms. The molecule has 1 aliphatic heterocycles. The van der Waals surface area contributed by atoms with E-state index >= 15 is 0 Å². The van der Waals surface area contributed by atoms with E-state index in [1.54, 1.807) is 31.2 Å². The number of halogens is 2. The number of anilines is 1. The number of aliphatic hydroxyl groups excluding tert-OH is 1. The smallest absolute Gasteiger partial charge is 0.270 e. The molecule has 1 aromatic carbocycles. The van der Waals surface area contributed by atoms with Gasteiger partial charge in [0.05, 0.1) is 11.6 Å². The lowest BCUT2D eigenvalue weighted by molar-refractivity contribution is 0.159. The third kappa shape index (κ3) is 2.91. The van der Waals surface area contributed by atoms with E-state index in [-0.39, 0.29) is 21.2 Å². The Morgan fingerprint density at radius 3 is 2.60 bits per heavy atom. The maximum Gasteiger partial charge on any atom is 0.270 e. The molecule has 1 aliphatic rings. The van der Waals surface area contributed by atoms with Gasteiger partial charge >= 0.3 is 0 Å². The molecule has 0 fully saturated rings. The van der Waals surface area contributed by atoms with Crippen LogP contribution in [-0.4, -0.2) is 31.5 Å². The summed E-state index contributed by atoms with van der Waals surface area (Å²) in [5.74, 6) is -0.566. The number of aromatic nitrogens is 1. The number of aryl methyl sites for hydroxylation is 2. The van der Waals surface area contributed by atoms with Crippen molar-refractivity contribution in [3.05, 3.63) is 45.3 Å². The number of hydrogen-bond donors (Lipinski definition) is 1. The summed E-state index contributed by atoms with van der Waals surface area (Å²) in [7, 11) is -4.37. The highest BCUT2D eigenvalue weighted by Crippen LogP contribution is 2.45. The zero-order valence-corrected chi connectivity index (χ0v) is 15.2. The van der Waals surface area contributed by atoms with Crippen molar-refractivity contribution in [3.63, 3.8) is 0 Å². The van der Waals surface area contributed by atoms with Crippen molar-refractivity contribution < 1.29 is 22.3 Å². The fourth-order valence-electron chi connectivity index (χ4n) is 2.68. The zero-order chi connectivity index (χ0) is 18.4. The van der Waals surface area contributed by atoms with E-state index in [1.165, 1.54) is 0 Å². The van der Waals surface area contributed by atoms with Gasteiger partial charge in [0, 0.05) is 5.56 Å². The number of rotatable bonds is 4. The van der Waals surface area contributed by atoms with E-state index in [4.69, 9.17) is 0 Å². The number of fused-ring (bicyclic) bond motifs is 1. The summed E-state index contributed by atoms with van der Waals surface area (Å²) in [6.45, 7) is 2.51. The molecule has 0 unspecified atom stereocenters. The molecular weight excluding hydrogens is 370 g/mol. The number of benzene rings is 1. The Kier molecular flexibility index (Phi) is 4.54.